The van der Waals surface area contributed by atoms with Gasteiger partial charge in [0.15, 0.2) is 0 Å². The zero-order valence-electron chi connectivity index (χ0n) is 14.6. The smallest absolute Gasteiger partial charge is 0.256 e. The number of fused-ring (bicyclic) bond motifs is 3. The van der Waals surface area contributed by atoms with Gasteiger partial charge in [-0.15, -0.1) is 0 Å². The number of hydrogen-bond donors (Lipinski definition) is 0. The number of rotatable bonds is 3. The summed E-state index contributed by atoms with van der Waals surface area (Å²) in [6.07, 6.45) is 1.08. The van der Waals surface area contributed by atoms with Crippen molar-refractivity contribution in [3.63, 3.8) is 0 Å². The third-order valence-corrected chi connectivity index (χ3v) is 5.17. The van der Waals surface area contributed by atoms with Crippen molar-refractivity contribution >= 4 is 11.6 Å². The topological polar surface area (TPSA) is 23.6 Å². The van der Waals surface area contributed by atoms with E-state index in [4.69, 9.17) is 0 Å². The average Bonchev–Trinajstić information content (AvgIpc) is 3.06. The second-order valence-electron chi connectivity index (χ2n) is 7.44. The number of carbonyl (C=O) groups is 1. The van der Waals surface area contributed by atoms with Gasteiger partial charge in [0.1, 0.15) is 6.17 Å². The van der Waals surface area contributed by atoms with E-state index in [9.17, 15) is 4.79 Å². The van der Waals surface area contributed by atoms with E-state index >= 15 is 0 Å². The Balaban J connectivity index is 1.78. The number of amides is 1. The molecule has 0 N–H and O–H groups in total. The Bertz CT molecular complexity index is 766. The highest BCUT2D eigenvalue weighted by Gasteiger charge is 2.49. The van der Waals surface area contributed by atoms with Crippen LogP contribution in [0.4, 0.5) is 5.69 Å². The SMILES string of the molecule is Cc1ccc(N2CC(CC(C)C)N3C(=O)c4ccccc4C23)cc1. The first-order chi connectivity index (χ1) is 11.6. The molecule has 2 heterocycles. The molecular weight excluding hydrogens is 296 g/mol. The Morgan fingerprint density at radius 3 is 2.50 bits per heavy atom. The lowest BCUT2D eigenvalue weighted by Gasteiger charge is -2.27. The molecule has 1 fully saturated rings. The molecule has 0 saturated carbocycles. The maximum absolute atomic E-state index is 13.0. The number of carbonyl (C=O) groups excluding carboxylic acids is 1. The summed E-state index contributed by atoms with van der Waals surface area (Å²) in [6.45, 7) is 7.48. The molecule has 2 aliphatic heterocycles. The van der Waals surface area contributed by atoms with Crippen LogP contribution in [-0.4, -0.2) is 23.4 Å². The van der Waals surface area contributed by atoms with Gasteiger partial charge >= 0.3 is 0 Å². The first-order valence-corrected chi connectivity index (χ1v) is 8.81. The van der Waals surface area contributed by atoms with Gasteiger partial charge in [0.25, 0.3) is 5.91 Å². The van der Waals surface area contributed by atoms with Crippen molar-refractivity contribution in [1.82, 2.24) is 4.90 Å². The van der Waals surface area contributed by atoms with Crippen molar-refractivity contribution in [1.29, 1.82) is 0 Å². The average molecular weight is 320 g/mol. The highest BCUT2D eigenvalue weighted by atomic mass is 16.2. The van der Waals surface area contributed by atoms with E-state index < -0.39 is 0 Å². The number of benzene rings is 2. The third-order valence-electron chi connectivity index (χ3n) is 5.17. The normalized spacial score (nSPS) is 22.2. The van der Waals surface area contributed by atoms with E-state index in [1.807, 2.05) is 18.2 Å². The molecule has 4 rings (SSSR count). The van der Waals surface area contributed by atoms with Crippen LogP contribution in [0.15, 0.2) is 48.5 Å². The van der Waals surface area contributed by atoms with Crippen LogP contribution in [0.25, 0.3) is 0 Å². The molecule has 3 nitrogen and oxygen atoms in total. The highest BCUT2D eigenvalue weighted by Crippen LogP contribution is 2.45. The summed E-state index contributed by atoms with van der Waals surface area (Å²) in [5.41, 5.74) is 4.48. The molecule has 0 aromatic heterocycles. The van der Waals surface area contributed by atoms with Crippen molar-refractivity contribution in [3.05, 3.63) is 65.2 Å². The van der Waals surface area contributed by atoms with Crippen LogP contribution >= 0.6 is 0 Å². The molecule has 2 aromatic rings. The van der Waals surface area contributed by atoms with Crippen molar-refractivity contribution < 1.29 is 4.79 Å². The van der Waals surface area contributed by atoms with Gasteiger partial charge in [-0.2, -0.15) is 0 Å². The minimum absolute atomic E-state index is 0.0418. The van der Waals surface area contributed by atoms with Gasteiger partial charge in [0.2, 0.25) is 0 Å². The van der Waals surface area contributed by atoms with Crippen molar-refractivity contribution in [2.75, 3.05) is 11.4 Å². The predicted octanol–water partition coefficient (Wildman–Crippen LogP) is 4.38. The van der Waals surface area contributed by atoms with Gasteiger partial charge in [0.05, 0.1) is 6.04 Å². The molecule has 1 saturated heterocycles. The fraction of sp³-hybridized carbons (Fsp3) is 0.381. The fourth-order valence-electron chi connectivity index (χ4n) is 4.13. The molecule has 0 radical (unpaired) electrons. The second-order valence-corrected chi connectivity index (χ2v) is 7.44. The van der Waals surface area contributed by atoms with Crippen LogP contribution in [0, 0.1) is 12.8 Å². The summed E-state index contributed by atoms with van der Waals surface area (Å²) >= 11 is 0. The predicted molar refractivity (Wildman–Crippen MR) is 97.1 cm³/mol. The van der Waals surface area contributed by atoms with Crippen LogP contribution < -0.4 is 4.90 Å². The van der Waals surface area contributed by atoms with Gasteiger partial charge in [-0.1, -0.05) is 49.7 Å². The quantitative estimate of drug-likeness (QED) is 0.837. The molecule has 0 bridgehead atoms. The molecule has 0 aliphatic carbocycles. The summed E-state index contributed by atoms with van der Waals surface area (Å²) in [7, 11) is 0. The Kier molecular flexibility index (Phi) is 3.60. The van der Waals surface area contributed by atoms with Crippen molar-refractivity contribution in [2.24, 2.45) is 5.92 Å². The van der Waals surface area contributed by atoms with Gasteiger partial charge in [-0.3, -0.25) is 4.79 Å². The monoisotopic (exact) mass is 320 g/mol. The van der Waals surface area contributed by atoms with Gasteiger partial charge in [0, 0.05) is 23.4 Å². The van der Waals surface area contributed by atoms with Gasteiger partial charge in [-0.05, 0) is 37.5 Å². The number of aryl methyl sites for hydroxylation is 1. The molecule has 24 heavy (non-hydrogen) atoms. The molecular formula is C21H24N2O. The Hall–Kier alpha value is -2.29. The standard InChI is InChI=1S/C21H24N2O/c1-14(2)12-17-13-22(16-10-8-15(3)9-11-16)20-18-6-4-5-7-19(18)21(24)23(17)20/h4-11,14,17,20H,12-13H2,1-3H3. The summed E-state index contributed by atoms with van der Waals surface area (Å²) in [6, 6.07) is 17.0. The maximum Gasteiger partial charge on any atom is 0.256 e. The first kappa shape index (κ1) is 15.3. The lowest BCUT2D eigenvalue weighted by molar-refractivity contribution is 0.0700. The van der Waals surface area contributed by atoms with Crippen molar-refractivity contribution in [2.45, 2.75) is 39.4 Å². The first-order valence-electron chi connectivity index (χ1n) is 8.81. The molecule has 124 valence electrons. The second kappa shape index (κ2) is 5.66. The van der Waals surface area contributed by atoms with Crippen LogP contribution in [0.1, 0.15) is 47.9 Å². The van der Waals surface area contributed by atoms with E-state index in [0.717, 1.165) is 24.1 Å². The molecule has 1 amide bonds. The third kappa shape index (κ3) is 2.31. The summed E-state index contributed by atoms with van der Waals surface area (Å²) in [5.74, 6) is 0.765. The molecule has 2 aromatic carbocycles. The zero-order valence-corrected chi connectivity index (χ0v) is 14.6. The Morgan fingerprint density at radius 1 is 1.08 bits per heavy atom. The Labute approximate surface area is 143 Å². The Morgan fingerprint density at radius 2 is 1.79 bits per heavy atom. The zero-order chi connectivity index (χ0) is 16.8. The van der Waals surface area contributed by atoms with E-state index in [1.54, 1.807) is 0 Å². The van der Waals surface area contributed by atoms with E-state index in [1.165, 1.54) is 11.3 Å². The van der Waals surface area contributed by atoms with E-state index in [0.29, 0.717) is 5.92 Å². The van der Waals surface area contributed by atoms with Crippen LogP contribution in [0.3, 0.4) is 0 Å². The summed E-state index contributed by atoms with van der Waals surface area (Å²) < 4.78 is 0. The largest absolute Gasteiger partial charge is 0.345 e. The van der Waals surface area contributed by atoms with E-state index in [-0.39, 0.29) is 18.1 Å². The fourth-order valence-corrected chi connectivity index (χ4v) is 4.13. The number of anilines is 1. The lowest BCUT2D eigenvalue weighted by Crippen LogP contribution is -2.34. The molecule has 3 heteroatoms. The van der Waals surface area contributed by atoms with Crippen LogP contribution in [0.2, 0.25) is 0 Å². The molecule has 2 unspecified atom stereocenters. The van der Waals surface area contributed by atoms with E-state index in [2.05, 4.69) is 60.9 Å². The minimum Gasteiger partial charge on any atom is -0.345 e. The highest BCUT2D eigenvalue weighted by molar-refractivity contribution is 6.00. The van der Waals surface area contributed by atoms with Crippen LogP contribution in [0.5, 0.6) is 0 Å². The summed E-state index contributed by atoms with van der Waals surface area (Å²) in [4.78, 5) is 17.5. The number of hydrogen-bond acceptors (Lipinski definition) is 2. The van der Waals surface area contributed by atoms with Gasteiger partial charge in [-0.25, -0.2) is 0 Å². The number of nitrogens with zero attached hydrogens (tertiary/aromatic N) is 2. The van der Waals surface area contributed by atoms with Gasteiger partial charge < -0.3 is 9.80 Å². The minimum atomic E-state index is 0.0418. The molecule has 0 spiro atoms. The van der Waals surface area contributed by atoms with Crippen molar-refractivity contribution in [3.8, 4) is 0 Å². The maximum atomic E-state index is 13.0. The molecule has 2 atom stereocenters. The molecule has 2 aliphatic rings. The lowest BCUT2D eigenvalue weighted by atomic mass is 10.0. The van der Waals surface area contributed by atoms with Crippen LogP contribution in [-0.2, 0) is 0 Å². The summed E-state index contributed by atoms with van der Waals surface area (Å²) in [5, 5.41) is 0.